The summed E-state index contributed by atoms with van der Waals surface area (Å²) in [6.07, 6.45) is 1.87. The molecule has 0 aliphatic carbocycles. The van der Waals surface area contributed by atoms with Gasteiger partial charge in [0.15, 0.2) is 0 Å². The Morgan fingerprint density at radius 3 is 2.69 bits per heavy atom. The van der Waals surface area contributed by atoms with E-state index < -0.39 is 0 Å². The van der Waals surface area contributed by atoms with Crippen molar-refractivity contribution in [2.75, 3.05) is 18.0 Å². The molecule has 0 unspecified atom stereocenters. The number of benzene rings is 1. The molecule has 0 spiro atoms. The van der Waals surface area contributed by atoms with Crippen LogP contribution in [0.4, 0.5) is 5.69 Å². The van der Waals surface area contributed by atoms with Crippen LogP contribution in [0, 0.1) is 0 Å². The quantitative estimate of drug-likeness (QED) is 0.797. The molecule has 0 amide bonds. The SMILES string of the molecule is C=CCN(CC)c1ccc([C@@H](C)N)cc1Cl. The summed E-state index contributed by atoms with van der Waals surface area (Å²) in [5.74, 6) is 0. The molecule has 3 heteroatoms. The maximum atomic E-state index is 6.25. The predicted molar refractivity (Wildman–Crippen MR) is 72.1 cm³/mol. The van der Waals surface area contributed by atoms with Crippen molar-refractivity contribution in [3.63, 3.8) is 0 Å². The summed E-state index contributed by atoms with van der Waals surface area (Å²) in [5.41, 5.74) is 7.91. The van der Waals surface area contributed by atoms with Gasteiger partial charge in [0.05, 0.1) is 10.7 Å². The van der Waals surface area contributed by atoms with Crippen molar-refractivity contribution in [2.45, 2.75) is 19.9 Å². The summed E-state index contributed by atoms with van der Waals surface area (Å²) >= 11 is 6.25. The fourth-order valence-corrected chi connectivity index (χ4v) is 1.92. The van der Waals surface area contributed by atoms with Gasteiger partial charge in [-0.05, 0) is 31.5 Å². The van der Waals surface area contributed by atoms with Crippen molar-refractivity contribution >= 4 is 17.3 Å². The Labute approximate surface area is 103 Å². The molecular weight excluding hydrogens is 220 g/mol. The fraction of sp³-hybridized carbons (Fsp3) is 0.385. The van der Waals surface area contributed by atoms with Gasteiger partial charge in [0.1, 0.15) is 0 Å². The highest BCUT2D eigenvalue weighted by atomic mass is 35.5. The van der Waals surface area contributed by atoms with Crippen LogP contribution in [0.3, 0.4) is 0 Å². The number of halogens is 1. The molecule has 2 nitrogen and oxygen atoms in total. The average Bonchev–Trinajstić information content (AvgIpc) is 2.26. The van der Waals surface area contributed by atoms with Crippen molar-refractivity contribution in [3.05, 3.63) is 41.4 Å². The van der Waals surface area contributed by atoms with E-state index >= 15 is 0 Å². The van der Waals surface area contributed by atoms with Gasteiger partial charge in [-0.2, -0.15) is 0 Å². The molecule has 0 heterocycles. The molecule has 0 aliphatic heterocycles. The van der Waals surface area contributed by atoms with Gasteiger partial charge >= 0.3 is 0 Å². The molecular formula is C13H19ClN2. The summed E-state index contributed by atoms with van der Waals surface area (Å²) in [5, 5.41) is 0.749. The van der Waals surface area contributed by atoms with Crippen LogP contribution >= 0.6 is 11.6 Å². The summed E-state index contributed by atoms with van der Waals surface area (Å²) < 4.78 is 0. The Bertz CT molecular complexity index is 361. The molecule has 1 aromatic carbocycles. The van der Waals surface area contributed by atoms with Crippen LogP contribution in [0.25, 0.3) is 0 Å². The second kappa shape index (κ2) is 5.92. The monoisotopic (exact) mass is 238 g/mol. The summed E-state index contributed by atoms with van der Waals surface area (Å²) in [4.78, 5) is 2.17. The lowest BCUT2D eigenvalue weighted by atomic mass is 10.1. The van der Waals surface area contributed by atoms with Crippen LogP contribution in [-0.2, 0) is 0 Å². The molecule has 0 saturated carbocycles. The van der Waals surface area contributed by atoms with Crippen molar-refractivity contribution in [1.29, 1.82) is 0 Å². The number of anilines is 1. The van der Waals surface area contributed by atoms with Gasteiger partial charge in [-0.1, -0.05) is 23.7 Å². The van der Waals surface area contributed by atoms with Crippen molar-refractivity contribution < 1.29 is 0 Å². The third-order valence-electron chi connectivity index (χ3n) is 2.57. The molecule has 2 N–H and O–H groups in total. The van der Waals surface area contributed by atoms with E-state index in [1.807, 2.05) is 31.2 Å². The molecule has 0 bridgehead atoms. The van der Waals surface area contributed by atoms with E-state index in [-0.39, 0.29) is 6.04 Å². The zero-order chi connectivity index (χ0) is 12.1. The molecule has 1 atom stereocenters. The van der Waals surface area contributed by atoms with Crippen LogP contribution in [0.5, 0.6) is 0 Å². The summed E-state index contributed by atoms with van der Waals surface area (Å²) in [7, 11) is 0. The first-order chi connectivity index (χ1) is 7.60. The number of hydrogen-bond donors (Lipinski definition) is 1. The molecule has 0 fully saturated rings. The highest BCUT2D eigenvalue weighted by Gasteiger charge is 2.09. The Hall–Kier alpha value is -0.990. The van der Waals surface area contributed by atoms with E-state index in [1.54, 1.807) is 0 Å². The smallest absolute Gasteiger partial charge is 0.0643 e. The van der Waals surface area contributed by atoms with Crippen LogP contribution in [-0.4, -0.2) is 13.1 Å². The van der Waals surface area contributed by atoms with E-state index in [0.29, 0.717) is 0 Å². The molecule has 0 saturated heterocycles. The van der Waals surface area contributed by atoms with Crippen molar-refractivity contribution in [1.82, 2.24) is 0 Å². The van der Waals surface area contributed by atoms with Crippen LogP contribution in [0.1, 0.15) is 25.5 Å². The minimum absolute atomic E-state index is 0.0148. The third-order valence-corrected chi connectivity index (χ3v) is 2.87. The van der Waals surface area contributed by atoms with Gasteiger partial charge in [0.25, 0.3) is 0 Å². The number of rotatable bonds is 5. The van der Waals surface area contributed by atoms with E-state index in [4.69, 9.17) is 17.3 Å². The highest BCUT2D eigenvalue weighted by molar-refractivity contribution is 6.33. The van der Waals surface area contributed by atoms with Gasteiger partial charge in [-0.3, -0.25) is 0 Å². The lowest BCUT2D eigenvalue weighted by Crippen LogP contribution is -2.22. The molecule has 1 rings (SSSR count). The van der Waals surface area contributed by atoms with Gasteiger partial charge in [0, 0.05) is 19.1 Å². The number of nitrogens with zero attached hydrogens (tertiary/aromatic N) is 1. The van der Waals surface area contributed by atoms with Crippen LogP contribution in [0.15, 0.2) is 30.9 Å². The highest BCUT2D eigenvalue weighted by Crippen LogP contribution is 2.28. The van der Waals surface area contributed by atoms with Gasteiger partial charge in [-0.15, -0.1) is 6.58 Å². The first kappa shape index (κ1) is 13.1. The molecule has 0 radical (unpaired) electrons. The fourth-order valence-electron chi connectivity index (χ4n) is 1.62. The zero-order valence-corrected chi connectivity index (χ0v) is 10.7. The Kier molecular flexibility index (Phi) is 4.84. The van der Waals surface area contributed by atoms with Crippen LogP contribution in [0.2, 0.25) is 5.02 Å². The molecule has 1 aromatic rings. The Morgan fingerprint density at radius 2 is 2.25 bits per heavy atom. The van der Waals surface area contributed by atoms with E-state index in [0.717, 1.165) is 29.4 Å². The number of hydrogen-bond acceptors (Lipinski definition) is 2. The Balaban J connectivity index is 3.01. The topological polar surface area (TPSA) is 29.3 Å². The number of nitrogens with two attached hydrogens (primary N) is 1. The van der Waals surface area contributed by atoms with Crippen LogP contribution < -0.4 is 10.6 Å². The van der Waals surface area contributed by atoms with Gasteiger partial charge in [0.2, 0.25) is 0 Å². The first-order valence-electron chi connectivity index (χ1n) is 5.51. The normalized spacial score (nSPS) is 12.2. The zero-order valence-electron chi connectivity index (χ0n) is 9.91. The standard InChI is InChI=1S/C13H19ClN2/c1-4-8-16(5-2)13-7-6-11(10(3)15)9-12(13)14/h4,6-7,9-10H,1,5,8,15H2,2-3H3/t10-/m1/s1. The van der Waals surface area contributed by atoms with Gasteiger partial charge < -0.3 is 10.6 Å². The molecule has 0 aliphatic rings. The lowest BCUT2D eigenvalue weighted by molar-refractivity contribution is 0.816. The Morgan fingerprint density at radius 1 is 1.56 bits per heavy atom. The maximum absolute atomic E-state index is 6.25. The minimum atomic E-state index is 0.0148. The lowest BCUT2D eigenvalue weighted by Gasteiger charge is -2.23. The maximum Gasteiger partial charge on any atom is 0.0643 e. The largest absolute Gasteiger partial charge is 0.367 e. The van der Waals surface area contributed by atoms with Crippen molar-refractivity contribution in [3.8, 4) is 0 Å². The minimum Gasteiger partial charge on any atom is -0.367 e. The van der Waals surface area contributed by atoms with Crippen molar-refractivity contribution in [2.24, 2.45) is 5.73 Å². The van der Waals surface area contributed by atoms with E-state index in [1.165, 1.54) is 0 Å². The first-order valence-corrected chi connectivity index (χ1v) is 5.88. The molecule has 16 heavy (non-hydrogen) atoms. The molecule has 0 aromatic heterocycles. The second-order valence-corrected chi connectivity index (χ2v) is 4.23. The summed E-state index contributed by atoms with van der Waals surface area (Å²) in [6.45, 7) is 9.50. The van der Waals surface area contributed by atoms with E-state index in [9.17, 15) is 0 Å². The predicted octanol–water partition coefficient (Wildman–Crippen LogP) is 3.37. The van der Waals surface area contributed by atoms with E-state index in [2.05, 4.69) is 18.4 Å². The second-order valence-electron chi connectivity index (χ2n) is 3.83. The molecule has 88 valence electrons. The van der Waals surface area contributed by atoms with Gasteiger partial charge in [-0.25, -0.2) is 0 Å². The average molecular weight is 239 g/mol. The summed E-state index contributed by atoms with van der Waals surface area (Å²) in [6, 6.07) is 6.00. The third kappa shape index (κ3) is 3.00. The number of likely N-dealkylation sites (N-methyl/N-ethyl adjacent to an activating group) is 1.